The number of carbonyl (C=O) groups excluding carboxylic acids is 1. The Morgan fingerprint density at radius 2 is 2.09 bits per heavy atom. The fourth-order valence-corrected chi connectivity index (χ4v) is 2.65. The van der Waals surface area contributed by atoms with Crippen LogP contribution in [0.15, 0.2) is 48.9 Å². The molecule has 112 valence electrons. The number of imidazole rings is 1. The zero-order valence-electron chi connectivity index (χ0n) is 12.2. The van der Waals surface area contributed by atoms with Crippen LogP contribution in [0, 0.1) is 0 Å². The number of fused-ring (bicyclic) bond motifs is 1. The summed E-state index contributed by atoms with van der Waals surface area (Å²) >= 11 is 1.51. The van der Waals surface area contributed by atoms with Crippen molar-refractivity contribution in [3.8, 4) is 5.82 Å². The van der Waals surface area contributed by atoms with Gasteiger partial charge in [-0.2, -0.15) is 11.8 Å². The van der Waals surface area contributed by atoms with E-state index in [1.165, 1.54) is 11.8 Å². The van der Waals surface area contributed by atoms with Gasteiger partial charge in [0.2, 0.25) is 5.91 Å². The third-order valence-electron chi connectivity index (χ3n) is 3.30. The van der Waals surface area contributed by atoms with Gasteiger partial charge in [0.15, 0.2) is 0 Å². The molecule has 0 aliphatic carbocycles. The van der Waals surface area contributed by atoms with Crippen molar-refractivity contribution in [3.63, 3.8) is 0 Å². The molecule has 0 aliphatic rings. The summed E-state index contributed by atoms with van der Waals surface area (Å²) in [5, 5.41) is 2.92. The summed E-state index contributed by atoms with van der Waals surface area (Å²) in [6.07, 6.45) is 5.42. The number of pyridine rings is 1. The summed E-state index contributed by atoms with van der Waals surface area (Å²) in [4.78, 5) is 20.5. The highest BCUT2D eigenvalue weighted by Crippen LogP contribution is 2.19. The van der Waals surface area contributed by atoms with E-state index in [9.17, 15) is 4.79 Å². The molecule has 0 saturated heterocycles. The van der Waals surface area contributed by atoms with Gasteiger partial charge in [-0.1, -0.05) is 18.2 Å². The van der Waals surface area contributed by atoms with Gasteiger partial charge in [0.25, 0.3) is 0 Å². The number of nitrogens with zero attached hydrogens (tertiary/aromatic N) is 3. The van der Waals surface area contributed by atoms with Crippen LogP contribution in [0.4, 0.5) is 0 Å². The van der Waals surface area contributed by atoms with Gasteiger partial charge < -0.3 is 5.32 Å². The smallest absolute Gasteiger partial charge is 0.230 e. The largest absolute Gasteiger partial charge is 0.351 e. The molecular formula is C16H16N4OS. The van der Waals surface area contributed by atoms with Crippen molar-refractivity contribution in [1.29, 1.82) is 0 Å². The van der Waals surface area contributed by atoms with Crippen molar-refractivity contribution < 1.29 is 4.79 Å². The highest BCUT2D eigenvalue weighted by molar-refractivity contribution is 7.99. The summed E-state index contributed by atoms with van der Waals surface area (Å²) in [6, 6.07) is 11.8. The van der Waals surface area contributed by atoms with Gasteiger partial charge in [-0.05, 0) is 24.5 Å². The predicted molar refractivity (Wildman–Crippen MR) is 89.1 cm³/mol. The molecule has 0 radical (unpaired) electrons. The van der Waals surface area contributed by atoms with Gasteiger partial charge in [-0.25, -0.2) is 9.97 Å². The quantitative estimate of drug-likeness (QED) is 0.786. The first-order valence-corrected chi connectivity index (χ1v) is 8.31. The number of hydrogen-bond donors (Lipinski definition) is 1. The molecule has 0 spiro atoms. The van der Waals surface area contributed by atoms with E-state index in [0.29, 0.717) is 12.3 Å². The number of thioether (sulfide) groups is 1. The number of para-hydroxylation sites is 2. The third-order valence-corrected chi connectivity index (χ3v) is 3.85. The molecule has 0 aliphatic heterocycles. The second kappa shape index (κ2) is 6.62. The maximum Gasteiger partial charge on any atom is 0.230 e. The minimum atomic E-state index is 0.0257. The summed E-state index contributed by atoms with van der Waals surface area (Å²) in [7, 11) is 0. The zero-order valence-corrected chi connectivity index (χ0v) is 13.0. The van der Waals surface area contributed by atoms with Gasteiger partial charge >= 0.3 is 0 Å². The minimum absolute atomic E-state index is 0.0257. The highest BCUT2D eigenvalue weighted by atomic mass is 32.2. The summed E-state index contributed by atoms with van der Waals surface area (Å²) in [5.41, 5.74) is 2.88. The van der Waals surface area contributed by atoms with Gasteiger partial charge in [0, 0.05) is 18.3 Å². The fourth-order valence-electron chi connectivity index (χ4n) is 2.29. The van der Waals surface area contributed by atoms with Crippen molar-refractivity contribution in [3.05, 3.63) is 54.5 Å². The molecule has 0 unspecified atom stereocenters. The lowest BCUT2D eigenvalue weighted by Gasteiger charge is -2.11. The van der Waals surface area contributed by atoms with E-state index in [-0.39, 0.29) is 5.91 Å². The van der Waals surface area contributed by atoms with Crippen molar-refractivity contribution in [2.24, 2.45) is 0 Å². The average molecular weight is 312 g/mol. The van der Waals surface area contributed by atoms with E-state index in [0.717, 1.165) is 22.4 Å². The first-order chi connectivity index (χ1) is 10.8. The summed E-state index contributed by atoms with van der Waals surface area (Å²) in [6.45, 7) is 0.453. The molecule has 1 amide bonds. The topological polar surface area (TPSA) is 59.8 Å². The van der Waals surface area contributed by atoms with Crippen LogP contribution in [0.3, 0.4) is 0 Å². The first kappa shape index (κ1) is 14.6. The molecule has 0 fully saturated rings. The molecule has 0 bridgehead atoms. The molecule has 0 saturated carbocycles. The van der Waals surface area contributed by atoms with Crippen LogP contribution in [0.1, 0.15) is 5.56 Å². The monoisotopic (exact) mass is 312 g/mol. The fraction of sp³-hybridized carbons (Fsp3) is 0.188. The number of hydrogen-bond acceptors (Lipinski definition) is 4. The van der Waals surface area contributed by atoms with Crippen LogP contribution < -0.4 is 5.32 Å². The van der Waals surface area contributed by atoms with Crippen molar-refractivity contribution in [2.45, 2.75) is 6.54 Å². The molecule has 1 N–H and O–H groups in total. The Morgan fingerprint density at radius 3 is 2.95 bits per heavy atom. The maximum atomic E-state index is 11.7. The molecule has 22 heavy (non-hydrogen) atoms. The van der Waals surface area contributed by atoms with Gasteiger partial charge in [-0.3, -0.25) is 9.36 Å². The van der Waals surface area contributed by atoms with Crippen LogP contribution in [0.25, 0.3) is 16.9 Å². The molecule has 2 aromatic heterocycles. The van der Waals surface area contributed by atoms with E-state index in [4.69, 9.17) is 0 Å². The number of amides is 1. The molecule has 5 nitrogen and oxygen atoms in total. The van der Waals surface area contributed by atoms with E-state index < -0.39 is 0 Å². The highest BCUT2D eigenvalue weighted by Gasteiger charge is 2.10. The predicted octanol–water partition coefficient (Wildman–Crippen LogP) is 2.40. The number of aromatic nitrogens is 3. The normalized spacial score (nSPS) is 10.8. The van der Waals surface area contributed by atoms with Crippen molar-refractivity contribution >= 4 is 28.7 Å². The lowest BCUT2D eigenvalue weighted by Crippen LogP contribution is -2.25. The van der Waals surface area contributed by atoms with Gasteiger partial charge in [0.1, 0.15) is 12.1 Å². The Labute approximate surface area is 132 Å². The van der Waals surface area contributed by atoms with E-state index in [1.807, 2.05) is 47.2 Å². The Kier molecular flexibility index (Phi) is 4.39. The Morgan fingerprint density at radius 1 is 1.23 bits per heavy atom. The zero-order chi connectivity index (χ0) is 15.4. The van der Waals surface area contributed by atoms with Gasteiger partial charge in [-0.15, -0.1) is 0 Å². The molecule has 6 heteroatoms. The van der Waals surface area contributed by atoms with Crippen LogP contribution in [-0.4, -0.2) is 32.5 Å². The summed E-state index contributed by atoms with van der Waals surface area (Å²) < 4.78 is 1.95. The maximum absolute atomic E-state index is 11.7. The molecule has 1 aromatic carbocycles. The van der Waals surface area contributed by atoms with Crippen LogP contribution in [-0.2, 0) is 11.3 Å². The number of benzene rings is 1. The van der Waals surface area contributed by atoms with E-state index >= 15 is 0 Å². The second-order valence-corrected chi connectivity index (χ2v) is 5.67. The summed E-state index contributed by atoms with van der Waals surface area (Å²) in [5.74, 6) is 1.28. The third kappa shape index (κ3) is 2.96. The van der Waals surface area contributed by atoms with Crippen molar-refractivity contribution in [1.82, 2.24) is 19.9 Å². The Bertz CT molecular complexity index is 799. The van der Waals surface area contributed by atoms with E-state index in [1.54, 1.807) is 12.5 Å². The molecule has 3 aromatic rings. The number of rotatable bonds is 5. The molecule has 0 atom stereocenters. The molecule has 3 rings (SSSR count). The lowest BCUT2D eigenvalue weighted by molar-refractivity contribution is -0.118. The minimum Gasteiger partial charge on any atom is -0.351 e. The second-order valence-electron chi connectivity index (χ2n) is 4.80. The first-order valence-electron chi connectivity index (χ1n) is 6.91. The SMILES string of the molecule is CSCC(=O)NCc1cccnc1-n1cnc2ccccc21. The van der Waals surface area contributed by atoms with E-state index in [2.05, 4.69) is 15.3 Å². The number of carbonyl (C=O) groups is 1. The van der Waals surface area contributed by atoms with Gasteiger partial charge in [0.05, 0.1) is 16.8 Å². The number of nitrogens with one attached hydrogen (secondary N) is 1. The van der Waals surface area contributed by atoms with Crippen LogP contribution >= 0.6 is 11.8 Å². The van der Waals surface area contributed by atoms with Crippen molar-refractivity contribution in [2.75, 3.05) is 12.0 Å². The average Bonchev–Trinajstić information content (AvgIpc) is 2.97. The standard InChI is InChI=1S/C16H16N4OS/c1-22-10-15(21)18-9-12-5-4-8-17-16(12)20-11-19-13-6-2-3-7-14(13)20/h2-8,11H,9-10H2,1H3,(H,18,21). The van der Waals surface area contributed by atoms with Crippen LogP contribution in [0.5, 0.6) is 0 Å². The van der Waals surface area contributed by atoms with Crippen LogP contribution in [0.2, 0.25) is 0 Å². The molecule has 2 heterocycles. The Balaban J connectivity index is 1.93. The molecular weight excluding hydrogens is 296 g/mol. The Hall–Kier alpha value is -2.34. The lowest BCUT2D eigenvalue weighted by atomic mass is 10.2.